The summed E-state index contributed by atoms with van der Waals surface area (Å²) in [4.78, 5) is 26.8. The molecular formula is C19H21Cl2N3O3. The number of halogens is 2. The van der Waals surface area contributed by atoms with E-state index in [2.05, 4.69) is 10.6 Å². The number of hydrogen-bond donors (Lipinski definition) is 2. The van der Waals surface area contributed by atoms with Gasteiger partial charge in [0.1, 0.15) is 0 Å². The maximum absolute atomic E-state index is 12.5. The number of ether oxygens (including phenoxy) is 1. The van der Waals surface area contributed by atoms with Crippen molar-refractivity contribution in [2.24, 2.45) is 0 Å². The first-order chi connectivity index (χ1) is 12.8. The summed E-state index contributed by atoms with van der Waals surface area (Å²) < 4.78 is 4.95. The lowest BCUT2D eigenvalue weighted by Gasteiger charge is -2.18. The normalized spacial score (nSPS) is 10.4. The van der Waals surface area contributed by atoms with Gasteiger partial charge in [-0.2, -0.15) is 0 Å². The summed E-state index contributed by atoms with van der Waals surface area (Å²) in [5.41, 5.74) is 1.95. The van der Waals surface area contributed by atoms with E-state index in [1.807, 2.05) is 19.0 Å². The van der Waals surface area contributed by atoms with E-state index in [1.54, 1.807) is 37.4 Å². The van der Waals surface area contributed by atoms with Crippen molar-refractivity contribution in [2.45, 2.75) is 0 Å². The molecule has 0 aliphatic rings. The Morgan fingerprint density at radius 1 is 1.04 bits per heavy atom. The van der Waals surface area contributed by atoms with Crippen LogP contribution >= 0.6 is 23.2 Å². The number of anilines is 2. The Morgan fingerprint density at radius 2 is 1.78 bits per heavy atom. The second-order valence-corrected chi connectivity index (χ2v) is 6.80. The summed E-state index contributed by atoms with van der Waals surface area (Å²) in [5.74, 6) is -0.642. The van der Waals surface area contributed by atoms with Gasteiger partial charge in [-0.15, -0.1) is 0 Å². The van der Waals surface area contributed by atoms with Crippen molar-refractivity contribution >= 4 is 46.4 Å². The van der Waals surface area contributed by atoms with E-state index in [4.69, 9.17) is 27.9 Å². The standard InChI is InChI=1S/C19H21Cl2N3O3/c1-24(2)17-7-5-13(11-15(17)18(25)22-8-9-27-3)23-19(26)14-6-4-12(20)10-16(14)21/h4-7,10-11H,8-9H2,1-3H3,(H,22,25)(H,23,26). The van der Waals surface area contributed by atoms with Crippen LogP contribution in [0.5, 0.6) is 0 Å². The van der Waals surface area contributed by atoms with Gasteiger partial charge >= 0.3 is 0 Å². The van der Waals surface area contributed by atoms with Crippen molar-refractivity contribution < 1.29 is 14.3 Å². The minimum atomic E-state index is -0.389. The van der Waals surface area contributed by atoms with Crippen LogP contribution in [0, 0.1) is 0 Å². The SMILES string of the molecule is COCCNC(=O)c1cc(NC(=O)c2ccc(Cl)cc2Cl)ccc1N(C)C. The predicted octanol–water partition coefficient (Wildman–Crippen LogP) is 3.69. The summed E-state index contributed by atoms with van der Waals surface area (Å²) in [7, 11) is 5.25. The fourth-order valence-electron chi connectivity index (χ4n) is 2.42. The molecule has 0 bridgehead atoms. The molecule has 2 N–H and O–H groups in total. The average molecular weight is 410 g/mol. The van der Waals surface area contributed by atoms with Crippen molar-refractivity contribution in [3.05, 3.63) is 57.6 Å². The van der Waals surface area contributed by atoms with Gasteiger partial charge in [-0.05, 0) is 36.4 Å². The molecule has 8 heteroatoms. The molecular weight excluding hydrogens is 389 g/mol. The van der Waals surface area contributed by atoms with Gasteiger partial charge in [-0.3, -0.25) is 9.59 Å². The number of hydrogen-bond acceptors (Lipinski definition) is 4. The molecule has 0 aliphatic heterocycles. The fraction of sp³-hybridized carbons (Fsp3) is 0.263. The van der Waals surface area contributed by atoms with Crippen LogP contribution in [0.3, 0.4) is 0 Å². The molecule has 0 fully saturated rings. The summed E-state index contributed by atoms with van der Waals surface area (Å²) in [6.45, 7) is 0.799. The molecule has 0 spiro atoms. The van der Waals surface area contributed by atoms with Crippen molar-refractivity contribution in [1.82, 2.24) is 5.32 Å². The Hall–Kier alpha value is -2.28. The Morgan fingerprint density at radius 3 is 2.41 bits per heavy atom. The Kier molecular flexibility index (Phi) is 7.47. The lowest BCUT2D eigenvalue weighted by molar-refractivity contribution is 0.0936. The van der Waals surface area contributed by atoms with Gasteiger partial charge in [0.25, 0.3) is 11.8 Å². The molecule has 0 aromatic heterocycles. The highest BCUT2D eigenvalue weighted by atomic mass is 35.5. The minimum absolute atomic E-state index is 0.252. The molecule has 144 valence electrons. The maximum Gasteiger partial charge on any atom is 0.257 e. The average Bonchev–Trinajstić information content (AvgIpc) is 2.61. The number of nitrogens with zero attached hydrogens (tertiary/aromatic N) is 1. The van der Waals surface area contributed by atoms with Crippen LogP contribution in [-0.4, -0.2) is 46.2 Å². The molecule has 0 heterocycles. The third kappa shape index (κ3) is 5.60. The molecule has 0 aliphatic carbocycles. The van der Waals surface area contributed by atoms with Gasteiger partial charge in [0.05, 0.1) is 22.8 Å². The Labute approximate surface area is 168 Å². The first-order valence-corrected chi connectivity index (χ1v) is 8.94. The number of rotatable bonds is 7. The summed E-state index contributed by atoms with van der Waals surface area (Å²) in [6, 6.07) is 9.76. The van der Waals surface area contributed by atoms with Gasteiger partial charge in [-0.25, -0.2) is 0 Å². The zero-order valence-corrected chi connectivity index (χ0v) is 16.8. The minimum Gasteiger partial charge on any atom is -0.383 e. The van der Waals surface area contributed by atoms with Crippen LogP contribution in [0.2, 0.25) is 10.0 Å². The monoisotopic (exact) mass is 409 g/mol. The summed E-state index contributed by atoms with van der Waals surface area (Å²) in [6.07, 6.45) is 0. The highest BCUT2D eigenvalue weighted by molar-refractivity contribution is 6.37. The number of nitrogens with one attached hydrogen (secondary N) is 2. The van der Waals surface area contributed by atoms with Crippen molar-refractivity contribution in [2.75, 3.05) is 44.6 Å². The molecule has 2 aromatic carbocycles. The van der Waals surface area contributed by atoms with Crippen molar-refractivity contribution in [1.29, 1.82) is 0 Å². The number of benzene rings is 2. The highest BCUT2D eigenvalue weighted by Crippen LogP contribution is 2.25. The zero-order valence-electron chi connectivity index (χ0n) is 15.3. The lowest BCUT2D eigenvalue weighted by atomic mass is 10.1. The van der Waals surface area contributed by atoms with Gasteiger partial charge in [-0.1, -0.05) is 23.2 Å². The van der Waals surface area contributed by atoms with E-state index in [0.29, 0.717) is 35.0 Å². The molecule has 0 atom stereocenters. The van der Waals surface area contributed by atoms with Gasteiger partial charge in [0.2, 0.25) is 0 Å². The first-order valence-electron chi connectivity index (χ1n) is 8.18. The van der Waals surface area contributed by atoms with Crippen LogP contribution in [0.15, 0.2) is 36.4 Å². The zero-order chi connectivity index (χ0) is 20.0. The third-order valence-electron chi connectivity index (χ3n) is 3.75. The van der Waals surface area contributed by atoms with Crippen LogP contribution in [0.25, 0.3) is 0 Å². The Bertz CT molecular complexity index is 841. The van der Waals surface area contributed by atoms with Gasteiger partial charge < -0.3 is 20.3 Å². The van der Waals surface area contributed by atoms with E-state index in [0.717, 1.165) is 5.69 Å². The number of carbonyl (C=O) groups excluding carboxylic acids is 2. The van der Waals surface area contributed by atoms with Crippen LogP contribution in [0.1, 0.15) is 20.7 Å². The lowest BCUT2D eigenvalue weighted by Crippen LogP contribution is -2.28. The van der Waals surface area contributed by atoms with Gasteiger partial charge in [0.15, 0.2) is 0 Å². The summed E-state index contributed by atoms with van der Waals surface area (Å²) in [5, 5.41) is 6.24. The predicted molar refractivity (Wildman–Crippen MR) is 109 cm³/mol. The number of amides is 2. The van der Waals surface area contributed by atoms with Crippen LogP contribution < -0.4 is 15.5 Å². The molecule has 0 unspecified atom stereocenters. The molecule has 0 saturated heterocycles. The molecule has 27 heavy (non-hydrogen) atoms. The molecule has 0 radical (unpaired) electrons. The quantitative estimate of drug-likeness (QED) is 0.684. The first kappa shape index (κ1) is 21.0. The van der Waals surface area contributed by atoms with E-state index >= 15 is 0 Å². The van der Waals surface area contributed by atoms with Crippen LogP contribution in [0.4, 0.5) is 11.4 Å². The Balaban J connectivity index is 2.25. The van der Waals surface area contributed by atoms with Crippen molar-refractivity contribution in [3.63, 3.8) is 0 Å². The second kappa shape index (κ2) is 9.60. The molecule has 2 amide bonds. The van der Waals surface area contributed by atoms with E-state index in [-0.39, 0.29) is 16.8 Å². The number of carbonyl (C=O) groups is 2. The fourth-order valence-corrected chi connectivity index (χ4v) is 2.91. The van der Waals surface area contributed by atoms with E-state index in [9.17, 15) is 9.59 Å². The smallest absolute Gasteiger partial charge is 0.257 e. The molecule has 0 saturated carbocycles. The molecule has 6 nitrogen and oxygen atoms in total. The number of methoxy groups -OCH3 is 1. The van der Waals surface area contributed by atoms with Gasteiger partial charge in [0, 0.05) is 44.1 Å². The summed E-state index contributed by atoms with van der Waals surface area (Å²) >= 11 is 11.9. The molecule has 2 rings (SSSR count). The maximum atomic E-state index is 12.5. The molecule has 2 aromatic rings. The largest absolute Gasteiger partial charge is 0.383 e. The van der Waals surface area contributed by atoms with Crippen LogP contribution in [-0.2, 0) is 4.74 Å². The second-order valence-electron chi connectivity index (χ2n) is 5.95. The van der Waals surface area contributed by atoms with Crippen molar-refractivity contribution in [3.8, 4) is 0 Å². The topological polar surface area (TPSA) is 70.7 Å². The highest BCUT2D eigenvalue weighted by Gasteiger charge is 2.16. The van der Waals surface area contributed by atoms with E-state index < -0.39 is 0 Å². The van der Waals surface area contributed by atoms with E-state index in [1.165, 1.54) is 6.07 Å². The third-order valence-corrected chi connectivity index (χ3v) is 4.30.